The van der Waals surface area contributed by atoms with Gasteiger partial charge in [-0.2, -0.15) is 0 Å². The average molecular weight is 313 g/mol. The second kappa shape index (κ2) is 6.50. The van der Waals surface area contributed by atoms with Crippen LogP contribution in [0.3, 0.4) is 0 Å². The Labute approximate surface area is 131 Å². The Balaban J connectivity index is 2.18. The van der Waals surface area contributed by atoms with Gasteiger partial charge in [-0.3, -0.25) is 0 Å². The Hall–Kier alpha value is -1.86. The normalized spacial score (nSPS) is 20.9. The molecule has 22 heavy (non-hydrogen) atoms. The minimum absolute atomic E-state index is 0.198. The van der Waals surface area contributed by atoms with Crippen molar-refractivity contribution in [1.29, 1.82) is 0 Å². The third kappa shape index (κ3) is 2.62. The topological polar surface area (TPSA) is 49.7 Å². The van der Waals surface area contributed by atoms with Crippen LogP contribution in [-0.2, 0) is 4.57 Å². The van der Waals surface area contributed by atoms with E-state index in [4.69, 9.17) is 0 Å². The van der Waals surface area contributed by atoms with E-state index in [1.165, 1.54) is 0 Å². The van der Waals surface area contributed by atoms with Gasteiger partial charge in [0.2, 0.25) is 0 Å². The zero-order valence-electron chi connectivity index (χ0n) is 12.4. The highest BCUT2D eigenvalue weighted by Crippen LogP contribution is 2.52. The van der Waals surface area contributed by atoms with Crippen molar-refractivity contribution in [2.45, 2.75) is 31.3 Å². The minimum Gasteiger partial charge on any atom is -0.411 e. The summed E-state index contributed by atoms with van der Waals surface area (Å²) in [4.78, 5) is 0. The van der Waals surface area contributed by atoms with E-state index in [0.29, 0.717) is 5.71 Å². The lowest BCUT2D eigenvalue weighted by Crippen LogP contribution is -2.34. The highest BCUT2D eigenvalue weighted by molar-refractivity contribution is 7.80. The van der Waals surface area contributed by atoms with Gasteiger partial charge in [-0.1, -0.05) is 72.2 Å². The summed E-state index contributed by atoms with van der Waals surface area (Å²) < 4.78 is 14.1. The zero-order valence-corrected chi connectivity index (χ0v) is 13.3. The quantitative estimate of drug-likeness (QED) is 0.533. The van der Waals surface area contributed by atoms with Crippen LogP contribution in [-0.4, -0.2) is 16.6 Å². The Kier molecular flexibility index (Phi) is 4.44. The van der Waals surface area contributed by atoms with Gasteiger partial charge in [0.1, 0.15) is 0 Å². The van der Waals surface area contributed by atoms with Gasteiger partial charge in [0.25, 0.3) is 0 Å². The predicted molar refractivity (Wildman–Crippen MR) is 91.2 cm³/mol. The van der Waals surface area contributed by atoms with Crippen molar-refractivity contribution >= 4 is 23.5 Å². The lowest BCUT2D eigenvalue weighted by atomic mass is 9.98. The predicted octanol–water partition coefficient (Wildman–Crippen LogP) is 3.77. The molecule has 2 aromatic rings. The second-order valence-corrected chi connectivity index (χ2v) is 8.65. The van der Waals surface area contributed by atoms with E-state index < -0.39 is 7.14 Å². The van der Waals surface area contributed by atoms with Gasteiger partial charge in [0.05, 0.1) is 11.4 Å². The fourth-order valence-corrected chi connectivity index (χ4v) is 6.69. The smallest absolute Gasteiger partial charge is 0.151 e. The summed E-state index contributed by atoms with van der Waals surface area (Å²) in [5, 5.41) is 14.6. The van der Waals surface area contributed by atoms with Crippen LogP contribution in [0.2, 0.25) is 0 Å². The van der Waals surface area contributed by atoms with Crippen LogP contribution in [0.15, 0.2) is 65.8 Å². The van der Waals surface area contributed by atoms with Crippen molar-refractivity contribution in [3.05, 3.63) is 60.7 Å². The zero-order chi connectivity index (χ0) is 15.4. The Morgan fingerprint density at radius 3 is 1.95 bits per heavy atom. The first kappa shape index (κ1) is 15.1. The molecule has 0 heterocycles. The maximum atomic E-state index is 14.1. The summed E-state index contributed by atoms with van der Waals surface area (Å²) in [6.45, 7) is 0. The molecule has 3 nitrogen and oxygen atoms in total. The van der Waals surface area contributed by atoms with Gasteiger partial charge in [0, 0.05) is 10.6 Å². The van der Waals surface area contributed by atoms with Gasteiger partial charge in [-0.05, 0) is 19.3 Å². The van der Waals surface area contributed by atoms with E-state index in [2.05, 4.69) is 5.16 Å². The maximum Gasteiger partial charge on any atom is 0.151 e. The number of hydrogen-bond donors (Lipinski definition) is 1. The Bertz CT molecular complexity index is 654. The van der Waals surface area contributed by atoms with Gasteiger partial charge in [-0.25, -0.2) is 0 Å². The summed E-state index contributed by atoms with van der Waals surface area (Å²) in [5.74, 6) is 0. The molecule has 4 heteroatoms. The van der Waals surface area contributed by atoms with Crippen molar-refractivity contribution in [2.24, 2.45) is 5.16 Å². The molecule has 1 atom stereocenters. The second-order valence-electron chi connectivity index (χ2n) is 5.68. The molecule has 0 radical (unpaired) electrons. The molecule has 114 valence electrons. The van der Waals surface area contributed by atoms with Crippen molar-refractivity contribution < 1.29 is 9.77 Å². The first-order chi connectivity index (χ1) is 10.8. The van der Waals surface area contributed by atoms with Crippen molar-refractivity contribution in [3.63, 3.8) is 0 Å². The summed E-state index contributed by atoms with van der Waals surface area (Å²) in [6, 6.07) is 19.3. The third-order valence-electron chi connectivity index (χ3n) is 4.39. The fraction of sp³-hybridized carbons (Fsp3) is 0.278. The first-order valence-electron chi connectivity index (χ1n) is 7.68. The van der Waals surface area contributed by atoms with Gasteiger partial charge >= 0.3 is 0 Å². The molecule has 0 aromatic heterocycles. The van der Waals surface area contributed by atoms with Crippen LogP contribution in [0.4, 0.5) is 0 Å². The van der Waals surface area contributed by atoms with Gasteiger partial charge in [-0.15, -0.1) is 0 Å². The highest BCUT2D eigenvalue weighted by Gasteiger charge is 2.40. The molecular weight excluding hydrogens is 293 g/mol. The number of hydrogen-bond acceptors (Lipinski definition) is 3. The molecular formula is C18H20NO2P. The van der Waals surface area contributed by atoms with E-state index in [-0.39, 0.29) is 5.66 Å². The maximum absolute atomic E-state index is 14.1. The summed E-state index contributed by atoms with van der Waals surface area (Å²) in [7, 11) is -2.86. The van der Waals surface area contributed by atoms with Crippen LogP contribution >= 0.6 is 7.14 Å². The third-order valence-corrected chi connectivity index (χ3v) is 7.96. The lowest BCUT2D eigenvalue weighted by Gasteiger charge is -2.32. The molecule has 1 aliphatic rings. The Morgan fingerprint density at radius 1 is 0.909 bits per heavy atom. The molecule has 3 rings (SSSR count). The number of rotatable bonds is 3. The van der Waals surface area contributed by atoms with E-state index in [0.717, 1.165) is 36.3 Å². The molecule has 1 aliphatic carbocycles. The Morgan fingerprint density at radius 2 is 1.45 bits per heavy atom. The standard InChI is InChI=1S/C18H20NO2P/c20-19-17-13-7-8-14-18(17)22(21,15-9-3-1-4-10-15)16-11-5-2-6-12-16/h1-6,9-12,18,20H,7-8,13-14H2/b19-17-/t18-/m1/s1. The lowest BCUT2D eigenvalue weighted by molar-refractivity contribution is 0.314. The number of benzene rings is 2. The van der Waals surface area contributed by atoms with E-state index in [1.807, 2.05) is 60.7 Å². The molecule has 0 unspecified atom stereocenters. The number of oxime groups is 1. The van der Waals surface area contributed by atoms with Crippen molar-refractivity contribution in [2.75, 3.05) is 0 Å². The fourth-order valence-electron chi connectivity index (χ4n) is 3.29. The average Bonchev–Trinajstić information content (AvgIpc) is 2.62. The molecule has 2 aromatic carbocycles. The van der Waals surface area contributed by atoms with Crippen LogP contribution in [0.1, 0.15) is 25.7 Å². The monoisotopic (exact) mass is 313 g/mol. The van der Waals surface area contributed by atoms with Crippen molar-refractivity contribution in [1.82, 2.24) is 0 Å². The molecule has 0 aliphatic heterocycles. The molecule has 1 N–H and O–H groups in total. The molecule has 1 fully saturated rings. The molecule has 0 saturated heterocycles. The van der Waals surface area contributed by atoms with E-state index in [1.54, 1.807) is 0 Å². The summed E-state index contributed by atoms with van der Waals surface area (Å²) in [5.41, 5.74) is 0.485. The summed E-state index contributed by atoms with van der Waals surface area (Å²) >= 11 is 0. The number of nitrogens with zero attached hydrogens (tertiary/aromatic N) is 1. The van der Waals surface area contributed by atoms with Crippen LogP contribution in [0.25, 0.3) is 0 Å². The molecule has 0 amide bonds. The highest BCUT2D eigenvalue weighted by atomic mass is 31.2. The van der Waals surface area contributed by atoms with E-state index >= 15 is 0 Å². The molecule has 1 saturated carbocycles. The first-order valence-corrected chi connectivity index (χ1v) is 9.46. The van der Waals surface area contributed by atoms with Crippen LogP contribution < -0.4 is 10.6 Å². The van der Waals surface area contributed by atoms with Crippen LogP contribution in [0.5, 0.6) is 0 Å². The SMILES string of the molecule is O=P(c1ccccc1)(c1ccccc1)[C@@H]1CCCC/C1=N/O. The summed E-state index contributed by atoms with van der Waals surface area (Å²) in [6.07, 6.45) is 3.55. The molecule has 0 spiro atoms. The van der Waals surface area contributed by atoms with Gasteiger partial charge < -0.3 is 9.77 Å². The van der Waals surface area contributed by atoms with E-state index in [9.17, 15) is 9.77 Å². The van der Waals surface area contributed by atoms with Crippen molar-refractivity contribution in [3.8, 4) is 0 Å². The molecule has 0 bridgehead atoms. The largest absolute Gasteiger partial charge is 0.411 e. The van der Waals surface area contributed by atoms with Gasteiger partial charge in [0.15, 0.2) is 7.14 Å². The van der Waals surface area contributed by atoms with Crippen LogP contribution in [0, 0.1) is 0 Å². The minimum atomic E-state index is -2.86.